The molecule has 1 aliphatic heterocycles. The minimum atomic E-state index is -0.567. The largest absolute Gasteiger partial charge is 0.460 e. The Bertz CT molecular complexity index is 722. The molecule has 3 atom stereocenters. The number of hydrogen-bond donors (Lipinski definition) is 1. The molecular formula is C24H34ClNO4. The lowest BCUT2D eigenvalue weighted by Gasteiger charge is -2.30. The monoisotopic (exact) mass is 435 g/mol. The molecule has 0 unspecified atom stereocenters. The molecule has 0 radical (unpaired) electrons. The number of halogens is 1. The Hall–Kier alpha value is -1.75. The van der Waals surface area contributed by atoms with Gasteiger partial charge in [-0.2, -0.15) is 0 Å². The van der Waals surface area contributed by atoms with E-state index in [-0.39, 0.29) is 24.0 Å². The molecule has 166 valence electrons. The van der Waals surface area contributed by atoms with Crippen molar-refractivity contribution in [1.82, 2.24) is 5.32 Å². The molecule has 1 amide bonds. The molecule has 1 aromatic carbocycles. The molecule has 30 heavy (non-hydrogen) atoms. The quantitative estimate of drug-likeness (QED) is 0.584. The second-order valence-electron chi connectivity index (χ2n) is 9.73. The van der Waals surface area contributed by atoms with Crippen LogP contribution in [0.5, 0.6) is 0 Å². The van der Waals surface area contributed by atoms with Gasteiger partial charge in [-0.1, -0.05) is 55.8 Å². The highest BCUT2D eigenvalue weighted by atomic mass is 35.5. The third kappa shape index (κ3) is 6.90. The number of carbonyl (C=O) groups excluding carboxylic acids is 2. The average Bonchev–Trinajstić information content (AvgIpc) is 3.03. The molecule has 1 heterocycles. The van der Waals surface area contributed by atoms with Crippen LogP contribution in [0.2, 0.25) is 5.02 Å². The fourth-order valence-corrected chi connectivity index (χ4v) is 4.66. The van der Waals surface area contributed by atoms with E-state index in [1.54, 1.807) is 0 Å². The molecule has 2 fully saturated rings. The molecule has 5 nitrogen and oxygen atoms in total. The predicted octanol–water partition coefficient (Wildman–Crippen LogP) is 5.68. The molecule has 1 N–H and O–H groups in total. The van der Waals surface area contributed by atoms with Crippen LogP contribution >= 0.6 is 11.6 Å². The van der Waals surface area contributed by atoms with E-state index >= 15 is 0 Å². The van der Waals surface area contributed by atoms with Crippen LogP contribution < -0.4 is 5.32 Å². The Labute approximate surface area is 184 Å². The molecule has 1 saturated carbocycles. The average molecular weight is 436 g/mol. The molecule has 0 bridgehead atoms. The molecular weight excluding hydrogens is 402 g/mol. The number of hydrogen-bond acceptors (Lipinski definition) is 4. The smallest absolute Gasteiger partial charge is 0.408 e. The molecule has 1 aromatic rings. The van der Waals surface area contributed by atoms with Gasteiger partial charge in [0.1, 0.15) is 11.7 Å². The Morgan fingerprint density at radius 1 is 1.20 bits per heavy atom. The van der Waals surface area contributed by atoms with Crippen molar-refractivity contribution in [3.8, 4) is 0 Å². The van der Waals surface area contributed by atoms with Crippen molar-refractivity contribution in [3.63, 3.8) is 0 Å². The molecule has 1 saturated heterocycles. The number of amides is 1. The predicted molar refractivity (Wildman–Crippen MR) is 117 cm³/mol. The summed E-state index contributed by atoms with van der Waals surface area (Å²) in [5.74, 6) is 0.160. The molecule has 0 spiro atoms. The van der Waals surface area contributed by atoms with Crippen molar-refractivity contribution < 1.29 is 19.1 Å². The maximum atomic E-state index is 12.6. The third-order valence-electron chi connectivity index (χ3n) is 5.98. The van der Waals surface area contributed by atoms with Crippen LogP contribution in [0.4, 0.5) is 4.79 Å². The van der Waals surface area contributed by atoms with E-state index in [0.717, 1.165) is 12.0 Å². The van der Waals surface area contributed by atoms with Gasteiger partial charge in [0, 0.05) is 5.02 Å². The van der Waals surface area contributed by atoms with E-state index in [0.29, 0.717) is 23.8 Å². The van der Waals surface area contributed by atoms with Crippen LogP contribution in [0.1, 0.15) is 71.3 Å². The van der Waals surface area contributed by atoms with E-state index < -0.39 is 11.7 Å². The zero-order valence-electron chi connectivity index (χ0n) is 18.3. The second kappa shape index (κ2) is 10.0. The maximum Gasteiger partial charge on any atom is 0.408 e. The van der Waals surface area contributed by atoms with Gasteiger partial charge in [0.2, 0.25) is 0 Å². The fourth-order valence-electron chi connectivity index (χ4n) is 4.53. The number of rotatable bonds is 6. The summed E-state index contributed by atoms with van der Waals surface area (Å²) >= 11 is 5.96. The van der Waals surface area contributed by atoms with Gasteiger partial charge in [-0.05, 0) is 63.6 Å². The maximum absolute atomic E-state index is 12.6. The normalized spacial score (nSPS) is 23.7. The summed E-state index contributed by atoms with van der Waals surface area (Å²) in [7, 11) is 0. The highest BCUT2D eigenvalue weighted by Crippen LogP contribution is 2.33. The zero-order valence-corrected chi connectivity index (χ0v) is 19.0. The standard InChI is InChI=1S/C24H34ClNO4/c1-24(2,3)30-23(28)26-20(14-16-7-5-4-6-8-16)21-15-18(22(27)29-21)13-17-9-11-19(25)12-10-17/h9-12,16,18,20-21H,4-8,13-15H2,1-3H3,(H,26,28)/t18-,20+,21+/m1/s1. The van der Waals surface area contributed by atoms with E-state index in [4.69, 9.17) is 21.1 Å². The first-order valence-corrected chi connectivity index (χ1v) is 11.5. The lowest BCUT2D eigenvalue weighted by molar-refractivity contribution is -0.145. The first-order valence-electron chi connectivity index (χ1n) is 11.1. The van der Waals surface area contributed by atoms with Crippen molar-refractivity contribution in [3.05, 3.63) is 34.9 Å². The van der Waals surface area contributed by atoms with Gasteiger partial charge in [-0.15, -0.1) is 0 Å². The fraction of sp³-hybridized carbons (Fsp3) is 0.667. The van der Waals surface area contributed by atoms with Crippen LogP contribution in [0.15, 0.2) is 24.3 Å². The number of nitrogens with one attached hydrogen (secondary N) is 1. The minimum absolute atomic E-state index is 0.186. The molecule has 0 aromatic heterocycles. The van der Waals surface area contributed by atoms with Crippen LogP contribution in [0, 0.1) is 11.8 Å². The Morgan fingerprint density at radius 3 is 2.50 bits per heavy atom. The zero-order chi connectivity index (χ0) is 21.7. The lowest BCUT2D eigenvalue weighted by atomic mass is 9.82. The van der Waals surface area contributed by atoms with Crippen LogP contribution in [0.25, 0.3) is 0 Å². The first kappa shape index (κ1) is 22.9. The summed E-state index contributed by atoms with van der Waals surface area (Å²) in [6, 6.07) is 7.35. The van der Waals surface area contributed by atoms with Gasteiger partial charge >= 0.3 is 12.1 Å². The molecule has 2 aliphatic rings. The number of cyclic esters (lactones) is 1. The number of carbonyl (C=O) groups is 2. The first-order chi connectivity index (χ1) is 14.2. The van der Waals surface area contributed by atoms with Gasteiger partial charge in [-0.3, -0.25) is 4.79 Å². The Morgan fingerprint density at radius 2 is 1.87 bits per heavy atom. The summed E-state index contributed by atoms with van der Waals surface area (Å²) in [5, 5.41) is 3.70. The van der Waals surface area contributed by atoms with Gasteiger partial charge in [-0.25, -0.2) is 4.79 Å². The molecule has 1 aliphatic carbocycles. The van der Waals surface area contributed by atoms with Gasteiger partial charge < -0.3 is 14.8 Å². The Balaban J connectivity index is 1.65. The topological polar surface area (TPSA) is 64.6 Å². The van der Waals surface area contributed by atoms with E-state index in [2.05, 4.69) is 5.32 Å². The van der Waals surface area contributed by atoms with Crippen LogP contribution in [-0.2, 0) is 20.7 Å². The summed E-state index contributed by atoms with van der Waals surface area (Å²) in [4.78, 5) is 25.0. The summed E-state index contributed by atoms with van der Waals surface area (Å²) < 4.78 is 11.2. The van der Waals surface area contributed by atoms with Gasteiger partial charge in [0.15, 0.2) is 0 Å². The number of esters is 1. The highest BCUT2D eigenvalue weighted by molar-refractivity contribution is 6.30. The van der Waals surface area contributed by atoms with Gasteiger partial charge in [0.25, 0.3) is 0 Å². The summed E-state index contributed by atoms with van der Waals surface area (Å²) in [6.07, 6.45) is 7.37. The summed E-state index contributed by atoms with van der Waals surface area (Å²) in [5.41, 5.74) is 0.495. The van der Waals surface area contributed by atoms with E-state index in [1.807, 2.05) is 45.0 Å². The molecule has 6 heteroatoms. The van der Waals surface area contributed by atoms with E-state index in [9.17, 15) is 9.59 Å². The third-order valence-corrected chi connectivity index (χ3v) is 6.23. The van der Waals surface area contributed by atoms with Crippen LogP contribution in [0.3, 0.4) is 0 Å². The summed E-state index contributed by atoms with van der Waals surface area (Å²) in [6.45, 7) is 5.54. The Kier molecular flexibility index (Phi) is 7.67. The van der Waals surface area contributed by atoms with Crippen molar-refractivity contribution in [1.29, 1.82) is 0 Å². The minimum Gasteiger partial charge on any atom is -0.460 e. The van der Waals surface area contributed by atoms with Gasteiger partial charge in [0.05, 0.1) is 12.0 Å². The van der Waals surface area contributed by atoms with Crippen molar-refractivity contribution in [2.75, 3.05) is 0 Å². The molecule has 3 rings (SSSR count). The van der Waals surface area contributed by atoms with E-state index in [1.165, 1.54) is 32.1 Å². The van der Waals surface area contributed by atoms with Crippen molar-refractivity contribution in [2.24, 2.45) is 11.8 Å². The number of alkyl carbamates (subject to hydrolysis) is 1. The number of ether oxygens (including phenoxy) is 2. The highest BCUT2D eigenvalue weighted by Gasteiger charge is 2.40. The second-order valence-corrected chi connectivity index (χ2v) is 10.2. The number of benzene rings is 1. The van der Waals surface area contributed by atoms with Crippen LogP contribution in [-0.4, -0.2) is 29.8 Å². The lowest BCUT2D eigenvalue weighted by Crippen LogP contribution is -2.46. The SMILES string of the molecule is CC(C)(C)OC(=O)N[C@@H](CC1CCCCC1)[C@@H]1C[C@@H](Cc2ccc(Cl)cc2)C(=O)O1. The van der Waals surface area contributed by atoms with Crippen molar-refractivity contribution >= 4 is 23.7 Å². The van der Waals surface area contributed by atoms with Crippen molar-refractivity contribution in [2.45, 2.75) is 89.9 Å².